The normalized spacial score (nSPS) is 10.5. The Kier molecular flexibility index (Phi) is 6.40. The monoisotopic (exact) mass is 449 g/mol. The predicted octanol–water partition coefficient (Wildman–Crippen LogP) is 4.86. The maximum absolute atomic E-state index is 12.1. The van der Waals surface area contributed by atoms with E-state index in [-0.39, 0.29) is 17.6 Å². The minimum absolute atomic E-state index is 0.159. The van der Waals surface area contributed by atoms with Gasteiger partial charge in [0.2, 0.25) is 0 Å². The summed E-state index contributed by atoms with van der Waals surface area (Å²) < 4.78 is 10.5. The molecule has 0 unspecified atom stereocenters. The molecule has 0 radical (unpaired) electrons. The molecule has 2 N–H and O–H groups in total. The van der Waals surface area contributed by atoms with Gasteiger partial charge in [-0.1, -0.05) is 42.5 Å². The topological polar surface area (TPSA) is 72.5 Å². The number of carbonyl (C=O) groups is 1. The van der Waals surface area contributed by atoms with Crippen LogP contribution in [0, 0.1) is 0 Å². The van der Waals surface area contributed by atoms with Crippen LogP contribution < -0.4 is 20.1 Å². The zero-order chi connectivity index (χ0) is 21.6. The van der Waals surface area contributed by atoms with E-state index >= 15 is 0 Å². The van der Waals surface area contributed by atoms with E-state index in [1.54, 1.807) is 31.4 Å². The Labute approximate surface area is 188 Å². The zero-order valence-electron chi connectivity index (χ0n) is 16.6. The van der Waals surface area contributed by atoms with Crippen molar-refractivity contribution >= 4 is 50.5 Å². The second kappa shape index (κ2) is 9.55. The maximum atomic E-state index is 12.1. The molecule has 1 amide bonds. The first-order valence-electron chi connectivity index (χ1n) is 9.44. The van der Waals surface area contributed by atoms with Gasteiger partial charge in [0.25, 0.3) is 5.91 Å². The van der Waals surface area contributed by atoms with Crippen molar-refractivity contribution in [3.05, 3.63) is 72.1 Å². The fraction of sp³-hybridized carbons (Fsp3) is 0.0870. The minimum Gasteiger partial charge on any atom is -0.497 e. The van der Waals surface area contributed by atoms with Gasteiger partial charge in [-0.15, -0.1) is 11.3 Å². The number of rotatable bonds is 6. The number of hydrogen-bond acceptors (Lipinski definition) is 6. The van der Waals surface area contributed by atoms with Gasteiger partial charge in [0, 0.05) is 10.9 Å². The molecule has 0 aliphatic heterocycles. The average Bonchev–Trinajstić information content (AvgIpc) is 3.25. The summed E-state index contributed by atoms with van der Waals surface area (Å²) in [5.74, 6) is 0.919. The molecular weight excluding hydrogens is 430 g/mol. The first kappa shape index (κ1) is 20.8. The van der Waals surface area contributed by atoms with Crippen LogP contribution in [0.15, 0.2) is 72.1 Å². The molecule has 0 bridgehead atoms. The van der Waals surface area contributed by atoms with Gasteiger partial charge in [-0.2, -0.15) is 0 Å². The van der Waals surface area contributed by atoms with Gasteiger partial charge in [0.1, 0.15) is 11.5 Å². The number of thiocarbonyl (C=S) groups is 1. The molecule has 4 rings (SSSR count). The Morgan fingerprint density at radius 3 is 2.58 bits per heavy atom. The third-order valence-corrected chi connectivity index (χ3v) is 5.43. The van der Waals surface area contributed by atoms with Crippen LogP contribution in [0.25, 0.3) is 22.0 Å². The quantitative estimate of drug-likeness (QED) is 0.410. The van der Waals surface area contributed by atoms with Gasteiger partial charge in [-0.3, -0.25) is 10.1 Å². The van der Waals surface area contributed by atoms with Crippen LogP contribution in [0.3, 0.4) is 0 Å². The van der Waals surface area contributed by atoms with Crippen LogP contribution >= 0.6 is 23.6 Å². The Bertz CT molecular complexity index is 1220. The summed E-state index contributed by atoms with van der Waals surface area (Å²) in [7, 11) is 1.59. The van der Waals surface area contributed by atoms with Crippen molar-refractivity contribution in [2.24, 2.45) is 0 Å². The number of nitrogens with zero attached hydrogens (tertiary/aromatic N) is 1. The number of aromatic nitrogens is 1. The number of thiazole rings is 1. The minimum atomic E-state index is -0.362. The molecule has 0 fully saturated rings. The van der Waals surface area contributed by atoms with Gasteiger partial charge in [0.05, 0.1) is 12.8 Å². The van der Waals surface area contributed by atoms with E-state index in [9.17, 15) is 4.79 Å². The van der Waals surface area contributed by atoms with Gasteiger partial charge in [-0.05, 0) is 47.3 Å². The molecule has 0 atom stereocenters. The number of fused-ring (bicyclic) bond motifs is 1. The molecule has 0 spiro atoms. The van der Waals surface area contributed by atoms with Crippen molar-refractivity contribution in [3.63, 3.8) is 0 Å². The van der Waals surface area contributed by atoms with Crippen molar-refractivity contribution in [1.29, 1.82) is 0 Å². The second-order valence-corrected chi connectivity index (χ2v) is 7.80. The average molecular weight is 450 g/mol. The van der Waals surface area contributed by atoms with Crippen molar-refractivity contribution in [2.45, 2.75) is 0 Å². The molecule has 6 nitrogen and oxygen atoms in total. The number of amides is 1. The summed E-state index contributed by atoms with van der Waals surface area (Å²) >= 11 is 6.65. The SMILES string of the molecule is COc1ccc(OCC(=O)NC(=S)Nc2nc(-c3cccc4ccccc34)cs2)cc1. The largest absolute Gasteiger partial charge is 0.497 e. The lowest BCUT2D eigenvalue weighted by molar-refractivity contribution is -0.121. The molecule has 31 heavy (non-hydrogen) atoms. The molecule has 0 saturated carbocycles. The lowest BCUT2D eigenvalue weighted by Crippen LogP contribution is -2.37. The first-order chi connectivity index (χ1) is 15.1. The van der Waals surface area contributed by atoms with Crippen LogP contribution in [0.1, 0.15) is 0 Å². The highest BCUT2D eigenvalue weighted by Crippen LogP contribution is 2.30. The summed E-state index contributed by atoms with van der Waals surface area (Å²) in [6.07, 6.45) is 0. The van der Waals surface area contributed by atoms with E-state index in [0.717, 1.165) is 22.0 Å². The Hall–Kier alpha value is -3.49. The van der Waals surface area contributed by atoms with E-state index in [2.05, 4.69) is 33.8 Å². The predicted molar refractivity (Wildman–Crippen MR) is 128 cm³/mol. The molecule has 3 aromatic carbocycles. The molecule has 0 saturated heterocycles. The fourth-order valence-corrected chi connectivity index (χ4v) is 4.01. The highest BCUT2D eigenvalue weighted by atomic mass is 32.1. The van der Waals surface area contributed by atoms with E-state index in [4.69, 9.17) is 21.7 Å². The zero-order valence-corrected chi connectivity index (χ0v) is 18.3. The first-order valence-corrected chi connectivity index (χ1v) is 10.7. The lowest BCUT2D eigenvalue weighted by atomic mass is 10.0. The molecule has 1 heterocycles. The van der Waals surface area contributed by atoms with Gasteiger partial charge in [-0.25, -0.2) is 4.98 Å². The van der Waals surface area contributed by atoms with E-state index in [1.807, 2.05) is 29.6 Å². The molecule has 8 heteroatoms. The summed E-state index contributed by atoms with van der Waals surface area (Å²) in [4.78, 5) is 16.7. The van der Waals surface area contributed by atoms with Gasteiger partial charge < -0.3 is 14.8 Å². The third-order valence-electron chi connectivity index (χ3n) is 4.47. The standard InChI is InChI=1S/C23H19N3O3S2/c1-28-16-9-11-17(12-10-16)29-13-21(27)25-22(30)26-23-24-20(14-31-23)19-8-4-6-15-5-2-3-7-18(15)19/h2-12,14H,13H2,1H3,(H2,24,25,26,27,30). The molecule has 156 valence electrons. The van der Waals surface area contributed by atoms with Crippen molar-refractivity contribution in [1.82, 2.24) is 10.3 Å². The van der Waals surface area contributed by atoms with Crippen LogP contribution in [-0.4, -0.2) is 29.7 Å². The smallest absolute Gasteiger partial charge is 0.264 e. The molecule has 0 aliphatic rings. The Morgan fingerprint density at radius 2 is 1.77 bits per heavy atom. The highest BCUT2D eigenvalue weighted by molar-refractivity contribution is 7.80. The number of methoxy groups -OCH3 is 1. The van der Waals surface area contributed by atoms with Gasteiger partial charge in [0.15, 0.2) is 16.9 Å². The number of hydrogen-bond donors (Lipinski definition) is 2. The summed E-state index contributed by atoms with van der Waals surface area (Å²) in [5.41, 5.74) is 1.89. The van der Waals surface area contributed by atoms with Crippen LogP contribution in [0.4, 0.5) is 5.13 Å². The van der Waals surface area contributed by atoms with Crippen molar-refractivity contribution in [3.8, 4) is 22.8 Å². The number of carbonyl (C=O) groups excluding carboxylic acids is 1. The van der Waals surface area contributed by atoms with Crippen LogP contribution in [-0.2, 0) is 4.79 Å². The third kappa shape index (κ3) is 5.17. The fourth-order valence-electron chi connectivity index (χ4n) is 3.02. The molecule has 0 aliphatic carbocycles. The van der Waals surface area contributed by atoms with Gasteiger partial charge >= 0.3 is 0 Å². The number of anilines is 1. The van der Waals surface area contributed by atoms with Crippen LogP contribution in [0.5, 0.6) is 11.5 Å². The lowest BCUT2D eigenvalue weighted by Gasteiger charge is -2.09. The van der Waals surface area contributed by atoms with Crippen molar-refractivity contribution in [2.75, 3.05) is 19.0 Å². The summed E-state index contributed by atoms with van der Waals surface area (Å²) in [6.45, 7) is -0.159. The summed E-state index contributed by atoms with van der Waals surface area (Å²) in [5, 5.41) is 10.6. The Morgan fingerprint density at radius 1 is 1.03 bits per heavy atom. The van der Waals surface area contributed by atoms with E-state index in [1.165, 1.54) is 11.3 Å². The summed E-state index contributed by atoms with van der Waals surface area (Å²) in [6, 6.07) is 21.3. The molecular formula is C23H19N3O3S2. The number of nitrogens with one attached hydrogen (secondary N) is 2. The second-order valence-electron chi connectivity index (χ2n) is 6.53. The van der Waals surface area contributed by atoms with Crippen molar-refractivity contribution < 1.29 is 14.3 Å². The number of benzene rings is 3. The molecule has 1 aromatic heterocycles. The number of ether oxygens (including phenoxy) is 2. The highest BCUT2D eigenvalue weighted by Gasteiger charge is 2.11. The maximum Gasteiger partial charge on any atom is 0.264 e. The van der Waals surface area contributed by atoms with E-state index in [0.29, 0.717) is 16.6 Å². The van der Waals surface area contributed by atoms with E-state index < -0.39 is 0 Å². The van der Waals surface area contributed by atoms with Crippen LogP contribution in [0.2, 0.25) is 0 Å². The Balaban J connectivity index is 1.34. The molecule has 4 aromatic rings.